The lowest BCUT2D eigenvalue weighted by molar-refractivity contribution is 0.0685. The molecule has 1 aliphatic rings. The van der Waals surface area contributed by atoms with Crippen molar-refractivity contribution in [2.75, 3.05) is 6.61 Å². The molecule has 2 rings (SSSR count). The summed E-state index contributed by atoms with van der Waals surface area (Å²) in [5, 5.41) is 18.2. The third-order valence-corrected chi connectivity index (χ3v) is 4.76. The molecule has 0 saturated heterocycles. The van der Waals surface area contributed by atoms with Crippen molar-refractivity contribution in [1.82, 2.24) is 9.29 Å². The molecule has 0 atom stereocenters. The maximum absolute atomic E-state index is 12.2. The number of aromatic nitrogens is 1. The summed E-state index contributed by atoms with van der Waals surface area (Å²) in [4.78, 5) is 11.1. The van der Waals surface area contributed by atoms with Gasteiger partial charge in [0.25, 0.3) is 0 Å². The van der Waals surface area contributed by atoms with E-state index in [-0.39, 0.29) is 23.2 Å². The molecule has 20 heavy (non-hydrogen) atoms. The van der Waals surface area contributed by atoms with E-state index >= 15 is 0 Å². The van der Waals surface area contributed by atoms with Crippen molar-refractivity contribution in [2.45, 2.75) is 43.2 Å². The molecule has 1 heterocycles. The van der Waals surface area contributed by atoms with Gasteiger partial charge in [0, 0.05) is 12.2 Å². The van der Waals surface area contributed by atoms with Gasteiger partial charge in [-0.2, -0.15) is 0 Å². The minimum Gasteiger partial charge on any atom is -0.477 e. The molecular formula is C12H18N2O5S. The molecule has 0 spiro atoms. The number of carboxylic acids is 1. The number of aliphatic hydroxyl groups excluding tert-OH is 1. The molecule has 3 N–H and O–H groups in total. The van der Waals surface area contributed by atoms with Crippen molar-refractivity contribution in [2.24, 2.45) is 0 Å². The number of sulfonamides is 1. The molecular weight excluding hydrogens is 284 g/mol. The van der Waals surface area contributed by atoms with Crippen LogP contribution < -0.4 is 4.72 Å². The Kier molecular flexibility index (Phi) is 3.66. The molecule has 1 aromatic heterocycles. The number of aromatic carboxylic acids is 1. The quantitative estimate of drug-likeness (QED) is 0.712. The molecule has 0 radical (unpaired) electrons. The zero-order chi connectivity index (χ0) is 15.1. The third kappa shape index (κ3) is 3.02. The van der Waals surface area contributed by atoms with E-state index in [0.717, 1.165) is 18.9 Å². The maximum Gasteiger partial charge on any atom is 0.352 e. The van der Waals surface area contributed by atoms with Crippen LogP contribution in [0.15, 0.2) is 17.2 Å². The van der Waals surface area contributed by atoms with Crippen LogP contribution in [0.25, 0.3) is 0 Å². The lowest BCUT2D eigenvalue weighted by Gasteiger charge is -2.22. The van der Waals surface area contributed by atoms with Gasteiger partial charge in [0.15, 0.2) is 0 Å². The Bertz CT molecular complexity index is 628. The lowest BCUT2D eigenvalue weighted by Crippen LogP contribution is -2.46. The van der Waals surface area contributed by atoms with Crippen LogP contribution in [0.1, 0.15) is 43.2 Å². The standard InChI is InChI=1S/C12H18N2O5S/c1-12(2,7-15)13-20(18,19)9-5-10(11(16)17)14(6-9)8-3-4-8/h5-6,8,13,15H,3-4,7H2,1-2H3,(H,16,17). The summed E-state index contributed by atoms with van der Waals surface area (Å²) < 4.78 is 28.3. The van der Waals surface area contributed by atoms with Gasteiger partial charge < -0.3 is 14.8 Å². The fraction of sp³-hybridized carbons (Fsp3) is 0.583. The van der Waals surface area contributed by atoms with Gasteiger partial charge in [-0.05, 0) is 32.8 Å². The van der Waals surface area contributed by atoms with Gasteiger partial charge in [-0.15, -0.1) is 0 Å². The van der Waals surface area contributed by atoms with Crippen LogP contribution in [0.3, 0.4) is 0 Å². The molecule has 0 bridgehead atoms. The largest absolute Gasteiger partial charge is 0.477 e. The number of carboxylic acid groups (broad SMARTS) is 1. The number of hydrogen-bond acceptors (Lipinski definition) is 4. The Morgan fingerprint density at radius 2 is 2.10 bits per heavy atom. The number of hydrogen-bond donors (Lipinski definition) is 3. The molecule has 0 unspecified atom stereocenters. The lowest BCUT2D eigenvalue weighted by atomic mass is 10.1. The first-order chi connectivity index (χ1) is 9.16. The fourth-order valence-corrected chi connectivity index (χ4v) is 3.31. The van der Waals surface area contributed by atoms with E-state index in [0.29, 0.717) is 0 Å². The van der Waals surface area contributed by atoms with E-state index in [4.69, 9.17) is 10.2 Å². The van der Waals surface area contributed by atoms with Gasteiger partial charge in [0.05, 0.1) is 12.1 Å². The predicted octanol–water partition coefficient (Wildman–Crippen LogP) is 0.570. The number of nitrogens with one attached hydrogen (secondary N) is 1. The topological polar surface area (TPSA) is 109 Å². The summed E-state index contributed by atoms with van der Waals surface area (Å²) >= 11 is 0. The summed E-state index contributed by atoms with van der Waals surface area (Å²) in [6.45, 7) is 2.72. The van der Waals surface area contributed by atoms with Crippen molar-refractivity contribution in [3.8, 4) is 0 Å². The van der Waals surface area contributed by atoms with Crippen LogP contribution in [0, 0.1) is 0 Å². The van der Waals surface area contributed by atoms with Gasteiger partial charge in [0.1, 0.15) is 10.6 Å². The van der Waals surface area contributed by atoms with Crippen molar-refractivity contribution in [3.63, 3.8) is 0 Å². The Hall–Kier alpha value is -1.38. The summed E-state index contributed by atoms with van der Waals surface area (Å²) in [7, 11) is -3.87. The second kappa shape index (κ2) is 4.87. The number of rotatable bonds is 6. The molecule has 1 saturated carbocycles. The van der Waals surface area contributed by atoms with E-state index < -0.39 is 21.5 Å². The minimum atomic E-state index is -3.87. The van der Waals surface area contributed by atoms with Crippen molar-refractivity contribution in [3.05, 3.63) is 18.0 Å². The van der Waals surface area contributed by atoms with Gasteiger partial charge in [-0.3, -0.25) is 0 Å². The number of carbonyl (C=O) groups is 1. The van der Waals surface area contributed by atoms with E-state index in [1.54, 1.807) is 13.8 Å². The summed E-state index contributed by atoms with van der Waals surface area (Å²) in [5.41, 5.74) is -1.04. The molecule has 1 aliphatic carbocycles. The highest BCUT2D eigenvalue weighted by atomic mass is 32.2. The number of nitrogens with zero attached hydrogens (tertiary/aromatic N) is 1. The first kappa shape index (κ1) is 15.0. The second-order valence-corrected chi connectivity index (χ2v) is 7.33. The molecule has 0 aliphatic heterocycles. The predicted molar refractivity (Wildman–Crippen MR) is 71.1 cm³/mol. The first-order valence-electron chi connectivity index (χ1n) is 6.26. The normalized spacial score (nSPS) is 16.4. The van der Waals surface area contributed by atoms with Crippen LogP contribution >= 0.6 is 0 Å². The average Bonchev–Trinajstić information content (AvgIpc) is 3.05. The molecule has 1 fully saturated rings. The molecule has 7 nitrogen and oxygen atoms in total. The summed E-state index contributed by atoms with van der Waals surface area (Å²) in [6, 6.07) is 1.21. The number of aliphatic hydroxyl groups is 1. The molecule has 8 heteroatoms. The monoisotopic (exact) mass is 302 g/mol. The van der Waals surface area contributed by atoms with E-state index in [1.807, 2.05) is 0 Å². The highest BCUT2D eigenvalue weighted by Crippen LogP contribution is 2.37. The van der Waals surface area contributed by atoms with E-state index in [2.05, 4.69) is 4.72 Å². The molecule has 0 aromatic carbocycles. The van der Waals surface area contributed by atoms with E-state index in [1.165, 1.54) is 10.8 Å². The minimum absolute atomic E-state index is 0.0327. The van der Waals surface area contributed by atoms with Crippen LogP contribution in [0.5, 0.6) is 0 Å². The van der Waals surface area contributed by atoms with Crippen LogP contribution in [0.4, 0.5) is 0 Å². The van der Waals surface area contributed by atoms with Crippen LogP contribution in [-0.2, 0) is 10.0 Å². The van der Waals surface area contributed by atoms with Gasteiger partial charge >= 0.3 is 5.97 Å². The van der Waals surface area contributed by atoms with E-state index in [9.17, 15) is 13.2 Å². The smallest absolute Gasteiger partial charge is 0.352 e. The Morgan fingerprint density at radius 1 is 1.50 bits per heavy atom. The highest BCUT2D eigenvalue weighted by Gasteiger charge is 2.32. The van der Waals surface area contributed by atoms with Crippen LogP contribution in [0.2, 0.25) is 0 Å². The zero-order valence-electron chi connectivity index (χ0n) is 11.3. The maximum atomic E-state index is 12.2. The fourth-order valence-electron chi connectivity index (χ4n) is 1.88. The summed E-state index contributed by atoms with van der Waals surface area (Å²) in [6.07, 6.45) is 3.05. The summed E-state index contributed by atoms with van der Waals surface area (Å²) in [5.74, 6) is -1.15. The zero-order valence-corrected chi connectivity index (χ0v) is 12.1. The van der Waals surface area contributed by atoms with Gasteiger partial charge in [0.2, 0.25) is 10.0 Å². The Morgan fingerprint density at radius 3 is 2.55 bits per heavy atom. The highest BCUT2D eigenvalue weighted by molar-refractivity contribution is 7.89. The second-order valence-electron chi connectivity index (χ2n) is 5.65. The van der Waals surface area contributed by atoms with Crippen LogP contribution in [-0.4, -0.2) is 41.3 Å². The molecule has 0 amide bonds. The SMILES string of the molecule is CC(C)(CO)NS(=O)(=O)c1cc(C(=O)O)n(C2CC2)c1. The van der Waals surface area contributed by atoms with Crippen molar-refractivity contribution in [1.29, 1.82) is 0 Å². The van der Waals surface area contributed by atoms with Gasteiger partial charge in [-0.25, -0.2) is 17.9 Å². The van der Waals surface area contributed by atoms with Crippen molar-refractivity contribution < 1.29 is 23.4 Å². The Labute approximate surface area is 117 Å². The van der Waals surface area contributed by atoms with Gasteiger partial charge in [-0.1, -0.05) is 0 Å². The first-order valence-corrected chi connectivity index (χ1v) is 7.74. The average molecular weight is 302 g/mol. The van der Waals surface area contributed by atoms with Crippen molar-refractivity contribution >= 4 is 16.0 Å². The molecule has 1 aromatic rings. The molecule has 112 valence electrons. The Balaban J connectivity index is 2.37. The third-order valence-electron chi connectivity index (χ3n) is 3.10.